The van der Waals surface area contributed by atoms with Crippen LogP contribution in [0.5, 0.6) is 0 Å². The predicted octanol–water partition coefficient (Wildman–Crippen LogP) is 4.93. The van der Waals surface area contributed by atoms with Crippen molar-refractivity contribution in [2.24, 2.45) is 0 Å². The summed E-state index contributed by atoms with van der Waals surface area (Å²) in [5, 5.41) is 0.650. The molecule has 0 unspecified atom stereocenters. The molecule has 2 heterocycles. The Kier molecular flexibility index (Phi) is 4.20. The number of hydrogen-bond acceptors (Lipinski definition) is 2. The molecule has 3 nitrogen and oxygen atoms in total. The summed E-state index contributed by atoms with van der Waals surface area (Å²) >= 11 is 15.8. The minimum atomic E-state index is 0.494. The summed E-state index contributed by atoms with van der Waals surface area (Å²) in [5.74, 6) is 1.36. The van der Waals surface area contributed by atoms with E-state index in [4.69, 9.17) is 28.2 Å². The number of aromatic nitrogens is 3. The third-order valence-electron chi connectivity index (χ3n) is 3.28. The first-order chi connectivity index (χ1) is 10.1. The van der Waals surface area contributed by atoms with Crippen LogP contribution in [-0.4, -0.2) is 20.4 Å². The van der Waals surface area contributed by atoms with E-state index in [9.17, 15) is 0 Å². The van der Waals surface area contributed by atoms with Gasteiger partial charge in [0.1, 0.15) is 11.3 Å². The average molecular weight is 385 g/mol. The van der Waals surface area contributed by atoms with Gasteiger partial charge in [0, 0.05) is 23.0 Å². The van der Waals surface area contributed by atoms with Gasteiger partial charge in [-0.25, -0.2) is 9.97 Å². The van der Waals surface area contributed by atoms with Gasteiger partial charge >= 0.3 is 0 Å². The summed E-state index contributed by atoms with van der Waals surface area (Å²) in [4.78, 5) is 9.17. The van der Waals surface area contributed by atoms with Gasteiger partial charge in [-0.3, -0.25) is 4.57 Å². The van der Waals surface area contributed by atoms with Gasteiger partial charge in [0.25, 0.3) is 0 Å². The van der Waals surface area contributed by atoms with Crippen LogP contribution in [0.1, 0.15) is 11.4 Å². The average Bonchev–Trinajstić information content (AvgIpc) is 2.82. The Balaban J connectivity index is 2.36. The number of nitrogens with zero attached hydrogens (tertiary/aromatic N) is 3. The van der Waals surface area contributed by atoms with Crippen LogP contribution in [0.4, 0.5) is 0 Å². The molecular formula is C15H12BrCl2N3. The van der Waals surface area contributed by atoms with Crippen molar-refractivity contribution in [1.82, 2.24) is 14.5 Å². The quantitative estimate of drug-likeness (QED) is 0.599. The van der Waals surface area contributed by atoms with Crippen molar-refractivity contribution in [3.05, 3.63) is 51.3 Å². The zero-order valence-corrected chi connectivity index (χ0v) is 14.4. The number of fused-ring (bicyclic) bond motifs is 1. The maximum absolute atomic E-state index is 6.37. The highest BCUT2D eigenvalue weighted by Crippen LogP contribution is 2.29. The molecule has 0 saturated heterocycles. The van der Waals surface area contributed by atoms with Crippen LogP contribution in [0.3, 0.4) is 0 Å². The van der Waals surface area contributed by atoms with Crippen LogP contribution < -0.4 is 0 Å². The van der Waals surface area contributed by atoms with Crippen LogP contribution in [-0.2, 0) is 6.42 Å². The van der Waals surface area contributed by atoms with E-state index in [1.165, 1.54) is 0 Å². The molecule has 6 heteroatoms. The fraction of sp³-hybridized carbons (Fsp3) is 0.200. The van der Waals surface area contributed by atoms with Crippen molar-refractivity contribution in [2.75, 3.05) is 5.88 Å². The fourth-order valence-electron chi connectivity index (χ4n) is 2.30. The van der Waals surface area contributed by atoms with E-state index in [2.05, 4.69) is 20.9 Å². The first kappa shape index (κ1) is 14.8. The minimum Gasteiger partial charge on any atom is -0.279 e. The number of aryl methyl sites for hydroxylation is 2. The second-order valence-corrected chi connectivity index (χ2v) is 6.40. The molecule has 0 aliphatic rings. The highest BCUT2D eigenvalue weighted by atomic mass is 79.9. The van der Waals surface area contributed by atoms with E-state index >= 15 is 0 Å². The van der Waals surface area contributed by atoms with E-state index in [-0.39, 0.29) is 0 Å². The summed E-state index contributed by atoms with van der Waals surface area (Å²) in [6.45, 7) is 2.02. The summed E-state index contributed by atoms with van der Waals surface area (Å²) in [6.07, 6.45) is 2.44. The van der Waals surface area contributed by atoms with E-state index in [1.807, 2.05) is 35.8 Å². The largest absolute Gasteiger partial charge is 0.279 e. The van der Waals surface area contributed by atoms with Gasteiger partial charge in [0.15, 0.2) is 5.65 Å². The molecule has 108 valence electrons. The summed E-state index contributed by atoms with van der Waals surface area (Å²) in [6, 6.07) is 7.68. The number of halogens is 3. The van der Waals surface area contributed by atoms with E-state index in [0.717, 1.165) is 32.7 Å². The van der Waals surface area contributed by atoms with Gasteiger partial charge in [0.2, 0.25) is 0 Å². The van der Waals surface area contributed by atoms with Crippen molar-refractivity contribution in [2.45, 2.75) is 13.3 Å². The molecule has 0 radical (unpaired) electrons. The Labute approximate surface area is 141 Å². The number of hydrogen-bond donors (Lipinski definition) is 0. The number of pyridine rings is 1. The first-order valence-electron chi connectivity index (χ1n) is 6.46. The van der Waals surface area contributed by atoms with Crippen LogP contribution in [0.15, 0.2) is 34.9 Å². The monoisotopic (exact) mass is 383 g/mol. The molecule has 0 saturated carbocycles. The van der Waals surface area contributed by atoms with Crippen molar-refractivity contribution >= 4 is 50.3 Å². The number of rotatable bonds is 3. The molecule has 0 aliphatic carbocycles. The summed E-state index contributed by atoms with van der Waals surface area (Å²) in [7, 11) is 0. The molecule has 0 bridgehead atoms. The standard InChI is InChI=1S/C15H12BrCl2N3/c1-9-5-7-19-15-14(9)20-13(4-6-17)21(15)12-8-10(16)2-3-11(12)18/h2-3,5,7-8H,4,6H2,1H3. The molecule has 2 aromatic heterocycles. The van der Waals surface area contributed by atoms with Gasteiger partial charge in [-0.1, -0.05) is 27.5 Å². The fourth-order valence-corrected chi connectivity index (χ4v) is 3.02. The molecule has 0 N–H and O–H groups in total. The zero-order valence-electron chi connectivity index (χ0n) is 11.3. The van der Waals surface area contributed by atoms with Gasteiger partial charge in [-0.2, -0.15) is 0 Å². The van der Waals surface area contributed by atoms with Crippen LogP contribution in [0, 0.1) is 6.92 Å². The predicted molar refractivity (Wildman–Crippen MR) is 90.7 cm³/mol. The zero-order chi connectivity index (χ0) is 15.0. The second kappa shape index (κ2) is 5.95. The molecule has 3 rings (SSSR count). The lowest BCUT2D eigenvalue weighted by Crippen LogP contribution is -2.03. The Hall–Kier alpha value is -1.10. The Bertz CT molecular complexity index is 814. The normalized spacial score (nSPS) is 11.2. The molecule has 1 aromatic carbocycles. The lowest BCUT2D eigenvalue weighted by Gasteiger charge is -2.10. The third-order valence-corrected chi connectivity index (χ3v) is 4.29. The van der Waals surface area contributed by atoms with Gasteiger partial charge < -0.3 is 0 Å². The van der Waals surface area contributed by atoms with Crippen LogP contribution in [0.25, 0.3) is 16.9 Å². The number of imidazole rings is 1. The minimum absolute atomic E-state index is 0.494. The second-order valence-electron chi connectivity index (χ2n) is 4.70. The maximum atomic E-state index is 6.37. The molecule has 0 spiro atoms. The summed E-state index contributed by atoms with van der Waals surface area (Å²) in [5.41, 5.74) is 3.62. The molecule has 3 aromatic rings. The Morgan fingerprint density at radius 2 is 2.10 bits per heavy atom. The Morgan fingerprint density at radius 3 is 2.86 bits per heavy atom. The molecule has 0 atom stereocenters. The van der Waals surface area contributed by atoms with Gasteiger partial charge in [-0.15, -0.1) is 11.6 Å². The van der Waals surface area contributed by atoms with Crippen LogP contribution >= 0.6 is 39.1 Å². The van der Waals surface area contributed by atoms with E-state index < -0.39 is 0 Å². The van der Waals surface area contributed by atoms with Crippen molar-refractivity contribution in [3.63, 3.8) is 0 Å². The SMILES string of the molecule is Cc1ccnc2c1nc(CCCl)n2-c1cc(Br)ccc1Cl. The van der Waals surface area contributed by atoms with Crippen LogP contribution in [0.2, 0.25) is 5.02 Å². The smallest absolute Gasteiger partial charge is 0.164 e. The third kappa shape index (κ3) is 2.68. The van der Waals surface area contributed by atoms with Crippen molar-refractivity contribution < 1.29 is 0 Å². The van der Waals surface area contributed by atoms with Crippen molar-refractivity contribution in [3.8, 4) is 5.69 Å². The maximum Gasteiger partial charge on any atom is 0.164 e. The highest BCUT2D eigenvalue weighted by molar-refractivity contribution is 9.10. The van der Waals surface area contributed by atoms with E-state index in [1.54, 1.807) is 6.20 Å². The number of alkyl halides is 1. The molecule has 0 aliphatic heterocycles. The lowest BCUT2D eigenvalue weighted by molar-refractivity contribution is 0.905. The lowest BCUT2D eigenvalue weighted by atomic mass is 10.2. The van der Waals surface area contributed by atoms with Crippen molar-refractivity contribution in [1.29, 1.82) is 0 Å². The molecular weight excluding hydrogens is 373 g/mol. The first-order valence-corrected chi connectivity index (χ1v) is 8.16. The molecule has 0 fully saturated rings. The number of benzene rings is 1. The molecule has 0 amide bonds. The topological polar surface area (TPSA) is 30.7 Å². The van der Waals surface area contributed by atoms with Gasteiger partial charge in [0.05, 0.1) is 10.7 Å². The Morgan fingerprint density at radius 1 is 1.29 bits per heavy atom. The van der Waals surface area contributed by atoms with E-state index in [0.29, 0.717) is 17.3 Å². The molecule has 21 heavy (non-hydrogen) atoms. The summed E-state index contributed by atoms with van der Waals surface area (Å²) < 4.78 is 2.94. The van der Waals surface area contributed by atoms with Gasteiger partial charge in [-0.05, 0) is 36.8 Å². The highest BCUT2D eigenvalue weighted by Gasteiger charge is 2.16.